The molecule has 0 aliphatic rings. The highest BCUT2D eigenvalue weighted by atomic mass is 15.3. The number of hydrogen-bond acceptors (Lipinski definition) is 4. The van der Waals surface area contributed by atoms with Crippen LogP contribution in [-0.4, -0.2) is 25.6 Å². The number of aryl methyl sites for hydroxylation is 1. The smallest absolute Gasteiger partial charge is 0.141 e. The minimum atomic E-state index is -0.0138. The first-order valence-electron chi connectivity index (χ1n) is 4.33. The Kier molecular flexibility index (Phi) is 2.17. The Morgan fingerprint density at radius 2 is 2.20 bits per heavy atom. The Balaban J connectivity index is 2.48. The predicted molar refractivity (Wildman–Crippen MR) is 55.3 cm³/mol. The fraction of sp³-hybridized carbons (Fsp3) is 0.111. The molecule has 0 atom stereocenters. The normalized spacial score (nSPS) is 10.2. The Labute approximate surface area is 86.3 Å². The van der Waals surface area contributed by atoms with Crippen molar-refractivity contribution in [3.05, 3.63) is 30.4 Å². The van der Waals surface area contributed by atoms with Gasteiger partial charge in [-0.15, -0.1) is 0 Å². The maximum Gasteiger partial charge on any atom is 0.141 e. The summed E-state index contributed by atoms with van der Waals surface area (Å²) in [7, 11) is 1.73. The summed E-state index contributed by atoms with van der Waals surface area (Å²) in [4.78, 5) is 8.06. The van der Waals surface area contributed by atoms with Crippen LogP contribution in [0.3, 0.4) is 0 Å². The molecule has 2 aromatic rings. The number of hydrogen-bond donors (Lipinski definition) is 2. The van der Waals surface area contributed by atoms with Crippen molar-refractivity contribution in [3.8, 4) is 11.4 Å². The quantitative estimate of drug-likeness (QED) is 0.536. The van der Waals surface area contributed by atoms with E-state index in [2.05, 4.69) is 15.1 Å². The molecule has 0 amide bonds. The van der Waals surface area contributed by atoms with Gasteiger partial charge in [0, 0.05) is 19.4 Å². The molecule has 3 N–H and O–H groups in total. The zero-order valence-corrected chi connectivity index (χ0v) is 8.18. The lowest BCUT2D eigenvalue weighted by molar-refractivity contribution is 0.760. The number of nitrogens with one attached hydrogen (secondary N) is 1. The topological polar surface area (TPSA) is 93.5 Å². The van der Waals surface area contributed by atoms with Gasteiger partial charge in [-0.25, -0.2) is 0 Å². The molecule has 2 rings (SSSR count). The Hall–Kier alpha value is -2.24. The summed E-state index contributed by atoms with van der Waals surface area (Å²) in [6, 6.07) is 1.71. The summed E-state index contributed by atoms with van der Waals surface area (Å²) in [5, 5.41) is 11.5. The first kappa shape index (κ1) is 9.32. The van der Waals surface area contributed by atoms with E-state index in [9.17, 15) is 0 Å². The van der Waals surface area contributed by atoms with Crippen LogP contribution in [0.2, 0.25) is 0 Å². The second kappa shape index (κ2) is 3.49. The largest absolute Gasteiger partial charge is 0.382 e. The van der Waals surface area contributed by atoms with E-state index >= 15 is 0 Å². The van der Waals surface area contributed by atoms with Crippen LogP contribution in [0.1, 0.15) is 5.69 Å². The fourth-order valence-corrected chi connectivity index (χ4v) is 1.28. The lowest BCUT2D eigenvalue weighted by Gasteiger charge is -1.95. The number of amidine groups is 1. The van der Waals surface area contributed by atoms with Gasteiger partial charge in [-0.3, -0.25) is 20.1 Å². The van der Waals surface area contributed by atoms with Crippen LogP contribution < -0.4 is 5.73 Å². The molecule has 0 fully saturated rings. The zero-order chi connectivity index (χ0) is 10.8. The van der Waals surface area contributed by atoms with Gasteiger partial charge in [0.25, 0.3) is 0 Å². The van der Waals surface area contributed by atoms with Crippen LogP contribution in [0.4, 0.5) is 0 Å². The van der Waals surface area contributed by atoms with Crippen LogP contribution in [0, 0.1) is 5.41 Å². The summed E-state index contributed by atoms with van der Waals surface area (Å²) in [6.07, 6.45) is 4.81. The lowest BCUT2D eigenvalue weighted by Crippen LogP contribution is -2.15. The summed E-state index contributed by atoms with van der Waals surface area (Å²) >= 11 is 0. The predicted octanol–water partition coefficient (Wildman–Crippen LogP) is 0.161. The minimum absolute atomic E-state index is 0.0138. The van der Waals surface area contributed by atoms with Crippen molar-refractivity contribution in [2.45, 2.75) is 0 Å². The third-order valence-corrected chi connectivity index (χ3v) is 1.98. The molecular formula is C9H10N6. The molecule has 6 nitrogen and oxygen atoms in total. The van der Waals surface area contributed by atoms with Crippen LogP contribution in [0.25, 0.3) is 11.4 Å². The molecule has 6 heteroatoms. The first-order valence-corrected chi connectivity index (χ1v) is 4.33. The average Bonchev–Trinajstić information content (AvgIpc) is 2.62. The van der Waals surface area contributed by atoms with E-state index in [1.54, 1.807) is 36.4 Å². The van der Waals surface area contributed by atoms with Gasteiger partial charge in [-0.1, -0.05) is 0 Å². The van der Waals surface area contributed by atoms with E-state index in [-0.39, 0.29) is 5.84 Å². The summed E-state index contributed by atoms with van der Waals surface area (Å²) in [5.41, 5.74) is 7.29. The van der Waals surface area contributed by atoms with Crippen molar-refractivity contribution in [3.63, 3.8) is 0 Å². The highest BCUT2D eigenvalue weighted by molar-refractivity contribution is 5.94. The van der Waals surface area contributed by atoms with E-state index in [1.165, 1.54) is 0 Å². The number of rotatable bonds is 2. The molecule has 0 aromatic carbocycles. The summed E-state index contributed by atoms with van der Waals surface area (Å²) < 4.78 is 1.55. The van der Waals surface area contributed by atoms with Gasteiger partial charge in [0.1, 0.15) is 22.9 Å². The molecule has 0 bridgehead atoms. The molecule has 0 aliphatic carbocycles. The molecule has 15 heavy (non-hydrogen) atoms. The molecule has 2 heterocycles. The van der Waals surface area contributed by atoms with E-state index < -0.39 is 0 Å². The molecular weight excluding hydrogens is 192 g/mol. The Bertz CT molecular complexity index is 487. The van der Waals surface area contributed by atoms with Crippen LogP contribution in [0.5, 0.6) is 0 Å². The number of aromatic nitrogens is 4. The molecule has 0 aliphatic heterocycles. The van der Waals surface area contributed by atoms with Crippen LogP contribution in [0.15, 0.2) is 24.7 Å². The summed E-state index contributed by atoms with van der Waals surface area (Å²) in [6.45, 7) is 0. The molecule has 0 unspecified atom stereocenters. The SMILES string of the molecule is Cn1nc(-c2cnccn2)cc1C(=N)N. The molecule has 0 saturated heterocycles. The van der Waals surface area contributed by atoms with Crippen molar-refractivity contribution in [1.82, 2.24) is 19.7 Å². The maximum atomic E-state index is 7.33. The second-order valence-corrected chi connectivity index (χ2v) is 3.04. The minimum Gasteiger partial charge on any atom is -0.382 e. The second-order valence-electron chi connectivity index (χ2n) is 3.04. The van der Waals surface area contributed by atoms with Crippen molar-refractivity contribution >= 4 is 5.84 Å². The monoisotopic (exact) mass is 202 g/mol. The van der Waals surface area contributed by atoms with E-state index in [0.29, 0.717) is 17.1 Å². The average molecular weight is 202 g/mol. The number of nitrogen functional groups attached to an aromatic ring is 1. The highest BCUT2D eigenvalue weighted by Gasteiger charge is 2.09. The Morgan fingerprint density at radius 1 is 1.40 bits per heavy atom. The highest BCUT2D eigenvalue weighted by Crippen LogP contribution is 2.14. The van der Waals surface area contributed by atoms with E-state index in [1.807, 2.05) is 0 Å². The number of nitrogens with zero attached hydrogens (tertiary/aromatic N) is 4. The van der Waals surface area contributed by atoms with Crippen molar-refractivity contribution in [1.29, 1.82) is 5.41 Å². The van der Waals surface area contributed by atoms with Crippen LogP contribution in [-0.2, 0) is 7.05 Å². The van der Waals surface area contributed by atoms with Gasteiger partial charge < -0.3 is 5.73 Å². The third-order valence-electron chi connectivity index (χ3n) is 1.98. The van der Waals surface area contributed by atoms with E-state index in [4.69, 9.17) is 11.1 Å². The van der Waals surface area contributed by atoms with Crippen molar-refractivity contribution in [2.75, 3.05) is 0 Å². The zero-order valence-electron chi connectivity index (χ0n) is 8.18. The van der Waals surface area contributed by atoms with Crippen molar-refractivity contribution in [2.24, 2.45) is 12.8 Å². The van der Waals surface area contributed by atoms with Gasteiger partial charge in [-0.05, 0) is 6.07 Å². The lowest BCUT2D eigenvalue weighted by atomic mass is 10.3. The third kappa shape index (κ3) is 1.69. The van der Waals surface area contributed by atoms with Crippen molar-refractivity contribution < 1.29 is 0 Å². The van der Waals surface area contributed by atoms with Gasteiger partial charge in [0.2, 0.25) is 0 Å². The Morgan fingerprint density at radius 3 is 2.73 bits per heavy atom. The van der Waals surface area contributed by atoms with Gasteiger partial charge in [0.15, 0.2) is 0 Å². The molecule has 0 radical (unpaired) electrons. The number of nitrogens with two attached hydrogens (primary N) is 1. The fourth-order valence-electron chi connectivity index (χ4n) is 1.28. The summed E-state index contributed by atoms with van der Waals surface area (Å²) in [5.74, 6) is -0.0138. The van der Waals surface area contributed by atoms with Gasteiger partial charge in [-0.2, -0.15) is 5.10 Å². The standard InChI is InChI=1S/C9H10N6/c1-15-8(9(10)11)4-6(14-15)7-5-12-2-3-13-7/h2-5H,1H3,(H3,10,11). The maximum absolute atomic E-state index is 7.33. The molecule has 2 aromatic heterocycles. The molecule has 0 spiro atoms. The first-order chi connectivity index (χ1) is 7.18. The van der Waals surface area contributed by atoms with Gasteiger partial charge in [0.05, 0.1) is 6.20 Å². The molecule has 0 saturated carbocycles. The van der Waals surface area contributed by atoms with Gasteiger partial charge >= 0.3 is 0 Å². The van der Waals surface area contributed by atoms with Crippen LogP contribution >= 0.6 is 0 Å². The molecule has 76 valence electrons. The van der Waals surface area contributed by atoms with E-state index in [0.717, 1.165) is 0 Å².